The van der Waals surface area contributed by atoms with Gasteiger partial charge >= 0.3 is 12.1 Å². The molecule has 3 aliphatic rings. The molecule has 1 N–H and O–H groups in total. The number of hydrogen-bond donors (Lipinski definition) is 1. The number of rotatable bonds is 8. The summed E-state index contributed by atoms with van der Waals surface area (Å²) in [6.45, 7) is 3.88. The molecule has 1 aromatic heterocycles. The van der Waals surface area contributed by atoms with Crippen LogP contribution in [0.3, 0.4) is 0 Å². The van der Waals surface area contributed by atoms with Crippen molar-refractivity contribution in [2.24, 2.45) is 11.8 Å². The highest BCUT2D eigenvalue weighted by Crippen LogP contribution is 2.46. The van der Waals surface area contributed by atoms with E-state index < -0.39 is 41.5 Å². The summed E-state index contributed by atoms with van der Waals surface area (Å²) in [6, 6.07) is 8.38. The molecule has 1 saturated carbocycles. The van der Waals surface area contributed by atoms with Crippen molar-refractivity contribution >= 4 is 17.8 Å². The normalized spacial score (nSPS) is 21.3. The van der Waals surface area contributed by atoms with Gasteiger partial charge in [-0.05, 0) is 62.4 Å². The Bertz CT molecular complexity index is 1650. The number of carbonyl (C=O) groups excluding carboxylic acids is 2. The van der Waals surface area contributed by atoms with E-state index in [2.05, 4.69) is 10.3 Å². The van der Waals surface area contributed by atoms with Crippen LogP contribution in [0.1, 0.15) is 89.9 Å². The molecular formula is C33H36F3N5O5. The van der Waals surface area contributed by atoms with Crippen molar-refractivity contribution in [2.45, 2.75) is 77.4 Å². The molecule has 3 atom stereocenters. The average Bonchev–Trinajstić information content (AvgIpc) is 3.63. The van der Waals surface area contributed by atoms with Crippen LogP contribution >= 0.6 is 0 Å². The number of amides is 2. The second kappa shape index (κ2) is 12.4. The van der Waals surface area contributed by atoms with Crippen LogP contribution in [0.4, 0.5) is 13.2 Å². The fourth-order valence-corrected chi connectivity index (χ4v) is 7.06. The van der Waals surface area contributed by atoms with Crippen LogP contribution in [0.5, 0.6) is 5.75 Å². The summed E-state index contributed by atoms with van der Waals surface area (Å²) in [5.41, 5.74) is 1.12. The zero-order chi connectivity index (χ0) is 32.7. The second-order valence-corrected chi connectivity index (χ2v) is 12.5. The molecule has 2 aliphatic heterocycles. The van der Waals surface area contributed by atoms with Gasteiger partial charge in [0.05, 0.1) is 29.6 Å². The summed E-state index contributed by atoms with van der Waals surface area (Å²) in [7, 11) is 0. The number of carboxylic acid groups (broad SMARTS) is 1. The number of aromatic nitrogens is 3. The van der Waals surface area contributed by atoms with Gasteiger partial charge in [-0.2, -0.15) is 13.2 Å². The molecular weight excluding hydrogens is 603 g/mol. The molecule has 10 nitrogen and oxygen atoms in total. The minimum atomic E-state index is -4.67. The molecule has 3 heterocycles. The van der Waals surface area contributed by atoms with Crippen LogP contribution in [-0.2, 0) is 35.3 Å². The maximum atomic E-state index is 14.4. The lowest BCUT2D eigenvalue weighted by Gasteiger charge is -2.43. The summed E-state index contributed by atoms with van der Waals surface area (Å²) >= 11 is 0. The number of hydrogen-bond acceptors (Lipinski definition) is 6. The number of halogens is 3. The molecule has 1 fully saturated rings. The lowest BCUT2D eigenvalue weighted by molar-refractivity contribution is -0.154. The first-order valence-corrected chi connectivity index (χ1v) is 15.6. The monoisotopic (exact) mass is 639 g/mol. The molecule has 2 amide bonds. The van der Waals surface area contributed by atoms with Gasteiger partial charge in [0, 0.05) is 36.8 Å². The Hall–Kier alpha value is -4.42. The molecule has 2 aromatic carbocycles. The second-order valence-electron chi connectivity index (χ2n) is 12.5. The number of benzene rings is 2. The molecule has 0 bridgehead atoms. The van der Waals surface area contributed by atoms with E-state index in [9.17, 15) is 32.7 Å². The van der Waals surface area contributed by atoms with E-state index in [1.165, 1.54) is 11.0 Å². The van der Waals surface area contributed by atoms with Gasteiger partial charge in [-0.3, -0.25) is 14.4 Å². The first kappa shape index (κ1) is 31.6. The number of carboxylic acids is 1. The van der Waals surface area contributed by atoms with Gasteiger partial charge < -0.3 is 19.6 Å². The highest BCUT2D eigenvalue weighted by Gasteiger charge is 2.46. The Morgan fingerprint density at radius 1 is 1.09 bits per heavy atom. The van der Waals surface area contributed by atoms with E-state index in [1.807, 2.05) is 26.0 Å². The van der Waals surface area contributed by atoms with Gasteiger partial charge in [0.15, 0.2) is 0 Å². The number of fused-ring (bicyclic) bond motifs is 2. The van der Waals surface area contributed by atoms with Gasteiger partial charge in [-0.25, -0.2) is 4.68 Å². The maximum absolute atomic E-state index is 14.4. The molecule has 1 unspecified atom stereocenters. The summed E-state index contributed by atoms with van der Waals surface area (Å²) < 4.78 is 51.1. The first-order chi connectivity index (χ1) is 21.9. The number of alkyl halides is 3. The minimum absolute atomic E-state index is 0.00692. The lowest BCUT2D eigenvalue weighted by atomic mass is 9.77. The molecule has 0 saturated heterocycles. The topological polar surface area (TPSA) is 118 Å². The summed E-state index contributed by atoms with van der Waals surface area (Å²) in [5.74, 6) is -3.32. The van der Waals surface area contributed by atoms with Crippen LogP contribution < -0.4 is 4.74 Å². The summed E-state index contributed by atoms with van der Waals surface area (Å²) in [4.78, 5) is 43.0. The molecule has 6 rings (SSSR count). The van der Waals surface area contributed by atoms with Crippen molar-refractivity contribution in [1.82, 2.24) is 24.8 Å². The zero-order valence-electron chi connectivity index (χ0n) is 25.7. The largest absolute Gasteiger partial charge is 0.487 e. The molecule has 3 aromatic rings. The van der Waals surface area contributed by atoms with Crippen molar-refractivity contribution in [3.8, 4) is 5.75 Å². The molecule has 244 valence electrons. The van der Waals surface area contributed by atoms with E-state index in [0.717, 1.165) is 11.6 Å². The van der Waals surface area contributed by atoms with Crippen molar-refractivity contribution < 1.29 is 37.4 Å². The molecule has 0 spiro atoms. The van der Waals surface area contributed by atoms with Gasteiger partial charge in [0.25, 0.3) is 5.91 Å². The maximum Gasteiger partial charge on any atom is 0.416 e. The van der Waals surface area contributed by atoms with Gasteiger partial charge in [-0.15, -0.1) is 5.10 Å². The average molecular weight is 640 g/mol. The van der Waals surface area contributed by atoms with Crippen molar-refractivity contribution in [3.05, 3.63) is 76.1 Å². The fourth-order valence-electron chi connectivity index (χ4n) is 7.06. The highest BCUT2D eigenvalue weighted by atomic mass is 19.4. The van der Waals surface area contributed by atoms with E-state index in [0.29, 0.717) is 36.9 Å². The van der Waals surface area contributed by atoms with Crippen LogP contribution in [-0.4, -0.2) is 60.8 Å². The Labute approximate surface area is 264 Å². The van der Waals surface area contributed by atoms with Gasteiger partial charge in [0.2, 0.25) is 5.91 Å². The van der Waals surface area contributed by atoms with E-state index in [4.69, 9.17) is 4.74 Å². The highest BCUT2D eigenvalue weighted by molar-refractivity contribution is 5.98. The lowest BCUT2D eigenvalue weighted by Crippen LogP contribution is -2.50. The van der Waals surface area contributed by atoms with Crippen LogP contribution in [0, 0.1) is 11.8 Å². The standard InChI is InChI=1S/C33H36F3N5O5/c1-19(2)41-16-21(37-38-41)18-46-28-12-11-26(33(34,35)36)25-13-14-40(31(43)23-9-5-6-10-24(23)32(44)45)27(29(25)28)17-39-15-20-7-3-4-8-22(20)30(39)42/h3-4,7-8,11-12,16,19,23-24,27H,5-6,9-10,13-15,17-18H2,1-2H3,(H,44,45)/t23?,24-,27-/m1/s1. The minimum Gasteiger partial charge on any atom is -0.487 e. The number of carbonyl (C=O) groups is 3. The predicted octanol–water partition coefficient (Wildman–Crippen LogP) is 5.43. The van der Waals surface area contributed by atoms with Gasteiger partial charge in [-0.1, -0.05) is 36.3 Å². The number of nitrogens with zero attached hydrogens (tertiary/aromatic N) is 5. The van der Waals surface area contributed by atoms with Crippen LogP contribution in [0.25, 0.3) is 0 Å². The van der Waals surface area contributed by atoms with Crippen molar-refractivity contribution in [2.75, 3.05) is 13.1 Å². The van der Waals surface area contributed by atoms with E-state index in [1.54, 1.807) is 27.9 Å². The van der Waals surface area contributed by atoms with Crippen molar-refractivity contribution in [1.29, 1.82) is 0 Å². The molecule has 1 aliphatic carbocycles. The van der Waals surface area contributed by atoms with Gasteiger partial charge in [0.1, 0.15) is 18.1 Å². The Kier molecular flexibility index (Phi) is 8.51. The van der Waals surface area contributed by atoms with Crippen LogP contribution in [0.2, 0.25) is 0 Å². The third-order valence-corrected chi connectivity index (χ3v) is 9.37. The first-order valence-electron chi connectivity index (χ1n) is 15.6. The van der Waals surface area contributed by atoms with Crippen molar-refractivity contribution in [3.63, 3.8) is 0 Å². The van der Waals surface area contributed by atoms with E-state index >= 15 is 0 Å². The third-order valence-electron chi connectivity index (χ3n) is 9.37. The fraction of sp³-hybridized carbons (Fsp3) is 0.485. The number of aliphatic carboxylic acids is 1. The third kappa shape index (κ3) is 5.94. The SMILES string of the molecule is CC(C)n1cc(COc2ccc(C(F)(F)F)c3c2[C@@H](CN2Cc4ccccc4C2=O)N(C(=O)C2CCCC[C@H]2C(=O)O)CC3)nn1. The number of ether oxygens (including phenoxy) is 1. The Morgan fingerprint density at radius 2 is 1.83 bits per heavy atom. The Morgan fingerprint density at radius 3 is 2.50 bits per heavy atom. The predicted molar refractivity (Wildman–Crippen MR) is 159 cm³/mol. The Balaban J connectivity index is 1.42. The molecule has 0 radical (unpaired) electrons. The zero-order valence-corrected chi connectivity index (χ0v) is 25.7. The summed E-state index contributed by atoms with van der Waals surface area (Å²) in [5, 5.41) is 18.1. The molecule has 13 heteroatoms. The summed E-state index contributed by atoms with van der Waals surface area (Å²) in [6.07, 6.45) is -0.991. The molecule has 46 heavy (non-hydrogen) atoms. The quantitative estimate of drug-likeness (QED) is 0.349. The smallest absolute Gasteiger partial charge is 0.416 e. The van der Waals surface area contributed by atoms with Crippen LogP contribution in [0.15, 0.2) is 42.6 Å². The van der Waals surface area contributed by atoms with E-state index in [-0.39, 0.29) is 61.5 Å².